The van der Waals surface area contributed by atoms with Crippen LogP contribution in [0, 0.1) is 5.92 Å². The van der Waals surface area contributed by atoms with Crippen molar-refractivity contribution in [3.05, 3.63) is 0 Å². The van der Waals surface area contributed by atoms with E-state index < -0.39 is 0 Å². The fourth-order valence-electron chi connectivity index (χ4n) is 3.03. The van der Waals surface area contributed by atoms with Crippen molar-refractivity contribution < 1.29 is 0 Å². The number of hydrogen-bond acceptors (Lipinski definition) is 2. The maximum absolute atomic E-state index is 6.09. The molecule has 0 bridgehead atoms. The van der Waals surface area contributed by atoms with E-state index in [2.05, 4.69) is 25.7 Å². The third kappa shape index (κ3) is 3.21. The molecule has 0 amide bonds. The summed E-state index contributed by atoms with van der Waals surface area (Å²) in [6.07, 6.45) is 7.93. The van der Waals surface area contributed by atoms with Gasteiger partial charge in [0.1, 0.15) is 0 Å². The molecule has 1 saturated carbocycles. The lowest BCUT2D eigenvalue weighted by molar-refractivity contribution is 0.0479. The largest absolute Gasteiger partial charge is 0.329 e. The molecular formula is C14H30N2. The van der Waals surface area contributed by atoms with E-state index in [0.29, 0.717) is 5.54 Å². The molecule has 2 nitrogen and oxygen atoms in total. The molecule has 0 unspecified atom stereocenters. The van der Waals surface area contributed by atoms with Crippen LogP contribution in [0.25, 0.3) is 0 Å². The first-order valence-electron chi connectivity index (χ1n) is 7.13. The van der Waals surface area contributed by atoms with Crippen LogP contribution >= 0.6 is 0 Å². The zero-order valence-electron chi connectivity index (χ0n) is 11.5. The Labute approximate surface area is 102 Å². The highest BCUT2D eigenvalue weighted by molar-refractivity contribution is 4.95. The normalized spacial score (nSPS) is 30.9. The molecular weight excluding hydrogens is 196 g/mol. The predicted molar refractivity (Wildman–Crippen MR) is 71.6 cm³/mol. The van der Waals surface area contributed by atoms with Gasteiger partial charge in [0.25, 0.3) is 0 Å². The first kappa shape index (κ1) is 14.0. The molecule has 0 aromatic rings. The van der Waals surface area contributed by atoms with Gasteiger partial charge in [-0.25, -0.2) is 0 Å². The van der Waals surface area contributed by atoms with Crippen LogP contribution in [0.2, 0.25) is 0 Å². The van der Waals surface area contributed by atoms with Crippen molar-refractivity contribution in [1.82, 2.24) is 4.90 Å². The molecule has 1 aliphatic carbocycles. The van der Waals surface area contributed by atoms with Crippen molar-refractivity contribution in [3.63, 3.8) is 0 Å². The molecule has 2 N–H and O–H groups in total. The molecule has 0 radical (unpaired) electrons. The first-order valence-corrected chi connectivity index (χ1v) is 7.13. The molecule has 0 aromatic carbocycles. The lowest BCUT2D eigenvalue weighted by Gasteiger charge is -2.47. The van der Waals surface area contributed by atoms with E-state index in [-0.39, 0.29) is 0 Å². The van der Waals surface area contributed by atoms with Crippen molar-refractivity contribution in [2.45, 2.75) is 64.8 Å². The Morgan fingerprint density at radius 3 is 2.31 bits per heavy atom. The van der Waals surface area contributed by atoms with Crippen LogP contribution in [0.1, 0.15) is 59.3 Å². The zero-order chi connectivity index (χ0) is 12.0. The highest BCUT2D eigenvalue weighted by atomic mass is 15.2. The minimum absolute atomic E-state index is 0.330. The molecule has 2 heteroatoms. The van der Waals surface area contributed by atoms with E-state index in [1.165, 1.54) is 45.1 Å². The lowest BCUT2D eigenvalue weighted by Crippen LogP contribution is -2.55. The van der Waals surface area contributed by atoms with Crippen LogP contribution in [0.15, 0.2) is 0 Å². The number of likely N-dealkylation sites (N-methyl/N-ethyl adjacent to an activating group) is 1. The number of nitrogens with zero attached hydrogens (tertiary/aromatic N) is 1. The summed E-state index contributed by atoms with van der Waals surface area (Å²) in [4.78, 5) is 2.66. The highest BCUT2D eigenvalue weighted by Crippen LogP contribution is 2.35. The zero-order valence-corrected chi connectivity index (χ0v) is 11.5. The van der Waals surface area contributed by atoms with E-state index in [1.54, 1.807) is 0 Å². The van der Waals surface area contributed by atoms with Crippen molar-refractivity contribution in [2.24, 2.45) is 11.7 Å². The van der Waals surface area contributed by atoms with Crippen molar-refractivity contribution >= 4 is 0 Å². The second-order valence-corrected chi connectivity index (χ2v) is 5.54. The fraction of sp³-hybridized carbons (Fsp3) is 1.00. The van der Waals surface area contributed by atoms with Gasteiger partial charge in [-0.3, -0.25) is 4.90 Å². The van der Waals surface area contributed by atoms with E-state index in [9.17, 15) is 0 Å². The van der Waals surface area contributed by atoms with Gasteiger partial charge < -0.3 is 5.73 Å². The number of unbranched alkanes of at least 4 members (excludes halogenated alkanes) is 1. The van der Waals surface area contributed by atoms with Gasteiger partial charge in [0, 0.05) is 12.1 Å². The summed E-state index contributed by atoms with van der Waals surface area (Å²) in [6, 6.07) is 0. The van der Waals surface area contributed by atoms with E-state index >= 15 is 0 Å². The molecule has 1 fully saturated rings. The summed E-state index contributed by atoms with van der Waals surface area (Å²) < 4.78 is 0. The van der Waals surface area contributed by atoms with E-state index in [0.717, 1.165) is 19.0 Å². The van der Waals surface area contributed by atoms with Crippen LogP contribution in [0.5, 0.6) is 0 Å². The lowest BCUT2D eigenvalue weighted by atomic mass is 9.76. The minimum Gasteiger partial charge on any atom is -0.329 e. The average Bonchev–Trinajstić information content (AvgIpc) is 2.32. The summed E-state index contributed by atoms with van der Waals surface area (Å²) >= 11 is 0. The summed E-state index contributed by atoms with van der Waals surface area (Å²) in [5.74, 6) is 0.907. The number of nitrogens with two attached hydrogens (primary N) is 1. The van der Waals surface area contributed by atoms with Gasteiger partial charge in [0.05, 0.1) is 0 Å². The Morgan fingerprint density at radius 1 is 1.25 bits per heavy atom. The predicted octanol–water partition coefficient (Wildman–Crippen LogP) is 3.02. The molecule has 16 heavy (non-hydrogen) atoms. The molecule has 1 aliphatic rings. The first-order chi connectivity index (χ1) is 7.68. The second kappa shape index (κ2) is 6.61. The Balaban J connectivity index is 2.61. The van der Waals surface area contributed by atoms with Crippen LogP contribution in [0.3, 0.4) is 0 Å². The Morgan fingerprint density at radius 2 is 1.88 bits per heavy atom. The standard InChI is InChI=1S/C14H30N2/c1-4-6-11-16(5-2)14(12-15)9-7-13(3)8-10-14/h13H,4-12,15H2,1-3H3. The quantitative estimate of drug-likeness (QED) is 0.754. The maximum Gasteiger partial charge on any atom is 0.0331 e. The van der Waals surface area contributed by atoms with Gasteiger partial charge in [0.15, 0.2) is 0 Å². The molecule has 0 atom stereocenters. The van der Waals surface area contributed by atoms with Crippen LogP contribution < -0.4 is 5.73 Å². The molecule has 0 aliphatic heterocycles. The second-order valence-electron chi connectivity index (χ2n) is 5.54. The van der Waals surface area contributed by atoms with Crippen LogP contribution in [-0.2, 0) is 0 Å². The Kier molecular flexibility index (Phi) is 5.77. The van der Waals surface area contributed by atoms with Crippen molar-refractivity contribution in [1.29, 1.82) is 0 Å². The summed E-state index contributed by atoms with van der Waals surface area (Å²) in [6.45, 7) is 10.2. The molecule has 0 aromatic heterocycles. The molecule has 1 rings (SSSR count). The van der Waals surface area contributed by atoms with Gasteiger partial charge in [-0.2, -0.15) is 0 Å². The van der Waals surface area contributed by atoms with Gasteiger partial charge in [-0.05, 0) is 51.1 Å². The van der Waals surface area contributed by atoms with E-state index in [4.69, 9.17) is 5.73 Å². The Bertz CT molecular complexity index is 183. The average molecular weight is 226 g/mol. The summed E-state index contributed by atoms with van der Waals surface area (Å²) in [5.41, 5.74) is 6.42. The van der Waals surface area contributed by atoms with Crippen LogP contribution in [0.4, 0.5) is 0 Å². The highest BCUT2D eigenvalue weighted by Gasteiger charge is 2.37. The molecule has 0 saturated heterocycles. The SMILES string of the molecule is CCCCN(CC)C1(CN)CCC(C)CC1. The maximum atomic E-state index is 6.09. The fourth-order valence-corrected chi connectivity index (χ4v) is 3.03. The molecule has 0 spiro atoms. The topological polar surface area (TPSA) is 29.3 Å². The van der Waals surface area contributed by atoms with Gasteiger partial charge in [0.2, 0.25) is 0 Å². The third-order valence-corrected chi connectivity index (χ3v) is 4.42. The van der Waals surface area contributed by atoms with Crippen molar-refractivity contribution in [2.75, 3.05) is 19.6 Å². The Hall–Kier alpha value is -0.0800. The smallest absolute Gasteiger partial charge is 0.0331 e. The summed E-state index contributed by atoms with van der Waals surface area (Å²) in [5, 5.41) is 0. The van der Waals surface area contributed by atoms with E-state index in [1.807, 2.05) is 0 Å². The van der Waals surface area contributed by atoms with Crippen LogP contribution in [-0.4, -0.2) is 30.1 Å². The monoisotopic (exact) mass is 226 g/mol. The van der Waals surface area contributed by atoms with Gasteiger partial charge >= 0.3 is 0 Å². The van der Waals surface area contributed by atoms with Gasteiger partial charge in [-0.15, -0.1) is 0 Å². The molecule has 96 valence electrons. The minimum atomic E-state index is 0.330. The number of hydrogen-bond donors (Lipinski definition) is 1. The van der Waals surface area contributed by atoms with Crippen molar-refractivity contribution in [3.8, 4) is 0 Å². The third-order valence-electron chi connectivity index (χ3n) is 4.42. The molecule has 0 heterocycles. The summed E-state index contributed by atoms with van der Waals surface area (Å²) in [7, 11) is 0. The van der Waals surface area contributed by atoms with Gasteiger partial charge in [-0.1, -0.05) is 27.2 Å². The number of rotatable bonds is 6.